The predicted octanol–water partition coefficient (Wildman–Crippen LogP) is 2.72. The summed E-state index contributed by atoms with van der Waals surface area (Å²) in [7, 11) is -3.61. The Hall–Kier alpha value is -2.16. The lowest BCUT2D eigenvalue weighted by molar-refractivity contribution is -0.127. The zero-order valence-electron chi connectivity index (χ0n) is 14.9. The average Bonchev–Trinajstić information content (AvgIpc) is 2.64. The largest absolute Gasteiger partial charge is 0.492 e. The summed E-state index contributed by atoms with van der Waals surface area (Å²) >= 11 is 11.8. The summed E-state index contributed by atoms with van der Waals surface area (Å²) < 4.78 is 36.6. The van der Waals surface area contributed by atoms with E-state index in [0.717, 1.165) is 10.6 Å². The van der Waals surface area contributed by atoms with Crippen LogP contribution in [0.15, 0.2) is 42.5 Å². The quantitative estimate of drug-likeness (QED) is 0.692. The zero-order valence-corrected chi connectivity index (χ0v) is 17.2. The molecule has 0 saturated heterocycles. The number of fused-ring (bicyclic) bond motifs is 1. The molecule has 1 atom stereocenters. The number of amides is 1. The Balaban J connectivity index is 1.61. The van der Waals surface area contributed by atoms with Crippen LogP contribution in [0.5, 0.6) is 11.5 Å². The Kier molecular flexibility index (Phi) is 6.22. The van der Waals surface area contributed by atoms with Crippen molar-refractivity contribution in [1.29, 1.82) is 0 Å². The second-order valence-electron chi connectivity index (χ2n) is 6.11. The van der Waals surface area contributed by atoms with Gasteiger partial charge in [0.1, 0.15) is 18.1 Å². The topological polar surface area (TPSA) is 84.9 Å². The lowest BCUT2D eigenvalue weighted by Crippen LogP contribution is -2.51. The van der Waals surface area contributed by atoms with Crippen LogP contribution in [0, 0.1) is 0 Å². The van der Waals surface area contributed by atoms with Crippen LogP contribution in [0.4, 0.5) is 5.69 Å². The highest BCUT2D eigenvalue weighted by atomic mass is 35.5. The van der Waals surface area contributed by atoms with E-state index in [9.17, 15) is 13.2 Å². The highest BCUT2D eigenvalue weighted by molar-refractivity contribution is 7.92. The average molecular weight is 445 g/mol. The summed E-state index contributed by atoms with van der Waals surface area (Å²) in [4.78, 5) is 12.4. The predicted molar refractivity (Wildman–Crippen MR) is 108 cm³/mol. The van der Waals surface area contributed by atoms with Crippen molar-refractivity contribution < 1.29 is 22.7 Å². The minimum atomic E-state index is -3.61. The SMILES string of the molecule is CS(=O)(=O)N1CC(C(=O)NCCOc2ccc(Cl)cc2)Oc2ccc(Cl)cc21. The van der Waals surface area contributed by atoms with E-state index in [1.165, 1.54) is 6.07 Å². The van der Waals surface area contributed by atoms with Gasteiger partial charge in [-0.3, -0.25) is 9.10 Å². The first-order chi connectivity index (χ1) is 13.2. The third-order valence-electron chi connectivity index (χ3n) is 3.97. The van der Waals surface area contributed by atoms with E-state index in [2.05, 4.69) is 5.32 Å². The van der Waals surface area contributed by atoms with Crippen LogP contribution in [-0.2, 0) is 14.8 Å². The lowest BCUT2D eigenvalue weighted by atomic mass is 10.2. The normalized spacial score (nSPS) is 16.1. The zero-order chi connectivity index (χ0) is 20.3. The first-order valence-corrected chi connectivity index (χ1v) is 10.9. The summed E-state index contributed by atoms with van der Waals surface area (Å²) in [6.45, 7) is 0.325. The molecule has 0 spiro atoms. The number of hydrogen-bond donors (Lipinski definition) is 1. The van der Waals surface area contributed by atoms with Crippen molar-refractivity contribution in [3.05, 3.63) is 52.5 Å². The van der Waals surface area contributed by atoms with E-state index in [0.29, 0.717) is 21.5 Å². The van der Waals surface area contributed by atoms with Crippen LogP contribution in [0.3, 0.4) is 0 Å². The van der Waals surface area contributed by atoms with Crippen molar-refractivity contribution in [1.82, 2.24) is 5.32 Å². The number of nitrogens with zero attached hydrogens (tertiary/aromatic N) is 1. The molecule has 0 bridgehead atoms. The highest BCUT2D eigenvalue weighted by Crippen LogP contribution is 2.37. The number of nitrogens with one attached hydrogen (secondary N) is 1. The van der Waals surface area contributed by atoms with Crippen LogP contribution >= 0.6 is 23.2 Å². The summed E-state index contributed by atoms with van der Waals surface area (Å²) in [5, 5.41) is 3.66. The van der Waals surface area contributed by atoms with E-state index >= 15 is 0 Å². The number of benzene rings is 2. The first kappa shape index (κ1) is 20.6. The molecule has 7 nitrogen and oxygen atoms in total. The third-order valence-corrected chi connectivity index (χ3v) is 5.60. The number of ether oxygens (including phenoxy) is 2. The second-order valence-corrected chi connectivity index (χ2v) is 8.89. The Morgan fingerprint density at radius 3 is 2.57 bits per heavy atom. The van der Waals surface area contributed by atoms with Gasteiger partial charge in [0.15, 0.2) is 6.10 Å². The molecule has 1 N–H and O–H groups in total. The van der Waals surface area contributed by atoms with Gasteiger partial charge in [-0.2, -0.15) is 0 Å². The van der Waals surface area contributed by atoms with Gasteiger partial charge in [-0.15, -0.1) is 0 Å². The van der Waals surface area contributed by atoms with Gasteiger partial charge in [0.2, 0.25) is 10.0 Å². The Morgan fingerprint density at radius 1 is 1.21 bits per heavy atom. The molecule has 28 heavy (non-hydrogen) atoms. The van der Waals surface area contributed by atoms with Gasteiger partial charge >= 0.3 is 0 Å². The fraction of sp³-hybridized carbons (Fsp3) is 0.278. The summed E-state index contributed by atoms with van der Waals surface area (Å²) in [6, 6.07) is 11.5. The first-order valence-electron chi connectivity index (χ1n) is 8.34. The van der Waals surface area contributed by atoms with Crippen molar-refractivity contribution in [3.8, 4) is 11.5 Å². The number of hydrogen-bond acceptors (Lipinski definition) is 5. The minimum Gasteiger partial charge on any atom is -0.492 e. The smallest absolute Gasteiger partial charge is 0.263 e. The van der Waals surface area contributed by atoms with Gasteiger partial charge in [-0.1, -0.05) is 23.2 Å². The van der Waals surface area contributed by atoms with E-state index in [1.807, 2.05) is 0 Å². The van der Waals surface area contributed by atoms with E-state index in [-0.39, 0.29) is 25.4 Å². The second kappa shape index (κ2) is 8.46. The lowest BCUT2D eigenvalue weighted by Gasteiger charge is -2.34. The molecule has 0 saturated carbocycles. The molecule has 1 amide bonds. The molecule has 0 aromatic heterocycles. The standard InChI is InChI=1S/C18H18Cl2N2O5S/c1-28(24,25)22-11-17(27-16-7-4-13(20)10-15(16)22)18(23)21-8-9-26-14-5-2-12(19)3-6-14/h2-7,10,17H,8-9,11H2,1H3,(H,21,23). The maximum Gasteiger partial charge on any atom is 0.263 e. The molecular formula is C18H18Cl2N2O5S. The highest BCUT2D eigenvalue weighted by Gasteiger charge is 2.35. The van der Waals surface area contributed by atoms with Gasteiger partial charge in [-0.25, -0.2) is 8.42 Å². The van der Waals surface area contributed by atoms with Crippen LogP contribution in [0.2, 0.25) is 10.0 Å². The molecule has 0 aliphatic carbocycles. The number of anilines is 1. The van der Waals surface area contributed by atoms with E-state index in [1.54, 1.807) is 36.4 Å². The van der Waals surface area contributed by atoms with Crippen LogP contribution in [0.25, 0.3) is 0 Å². The third kappa shape index (κ3) is 5.01. The number of carbonyl (C=O) groups excluding carboxylic acids is 1. The maximum atomic E-state index is 12.4. The molecule has 3 rings (SSSR count). The number of halogens is 2. The molecule has 150 valence electrons. The van der Waals surface area contributed by atoms with Crippen LogP contribution < -0.4 is 19.1 Å². The number of rotatable bonds is 6. The summed E-state index contributed by atoms with van der Waals surface area (Å²) in [6.07, 6.45) is 0.0803. The minimum absolute atomic E-state index is 0.143. The van der Waals surface area contributed by atoms with Crippen molar-refractivity contribution in [2.24, 2.45) is 0 Å². The summed E-state index contributed by atoms with van der Waals surface area (Å²) in [5.74, 6) is 0.467. The Morgan fingerprint density at radius 2 is 1.89 bits per heavy atom. The van der Waals surface area contributed by atoms with Gasteiger partial charge < -0.3 is 14.8 Å². The fourth-order valence-electron chi connectivity index (χ4n) is 2.66. The van der Waals surface area contributed by atoms with Gasteiger partial charge in [0, 0.05) is 10.0 Å². The molecule has 1 aliphatic heterocycles. The number of sulfonamides is 1. The van der Waals surface area contributed by atoms with Crippen LogP contribution in [-0.4, -0.2) is 46.4 Å². The molecule has 10 heteroatoms. The fourth-order valence-corrected chi connectivity index (χ4v) is 3.86. The van der Waals surface area contributed by atoms with Gasteiger partial charge in [0.05, 0.1) is 25.0 Å². The molecule has 0 radical (unpaired) electrons. The molecular weight excluding hydrogens is 427 g/mol. The molecule has 1 heterocycles. The van der Waals surface area contributed by atoms with Crippen molar-refractivity contribution in [2.75, 3.05) is 30.3 Å². The maximum absolute atomic E-state index is 12.4. The number of carbonyl (C=O) groups is 1. The summed E-state index contributed by atoms with van der Waals surface area (Å²) in [5.41, 5.74) is 0.310. The van der Waals surface area contributed by atoms with Gasteiger partial charge in [-0.05, 0) is 42.5 Å². The molecule has 0 fully saturated rings. The monoisotopic (exact) mass is 444 g/mol. The molecule has 1 aliphatic rings. The van der Waals surface area contributed by atoms with E-state index < -0.39 is 22.0 Å². The Bertz CT molecular complexity index is 966. The molecule has 2 aromatic carbocycles. The van der Waals surface area contributed by atoms with Gasteiger partial charge in [0.25, 0.3) is 5.91 Å². The van der Waals surface area contributed by atoms with Crippen molar-refractivity contribution >= 4 is 44.8 Å². The van der Waals surface area contributed by atoms with Crippen molar-refractivity contribution in [3.63, 3.8) is 0 Å². The Labute approximate surface area is 173 Å². The van der Waals surface area contributed by atoms with Crippen molar-refractivity contribution in [2.45, 2.75) is 6.10 Å². The molecule has 2 aromatic rings. The van der Waals surface area contributed by atoms with Crippen LogP contribution in [0.1, 0.15) is 0 Å². The molecule has 1 unspecified atom stereocenters. The van der Waals surface area contributed by atoms with E-state index in [4.69, 9.17) is 32.7 Å².